The highest BCUT2D eigenvalue weighted by atomic mass is 16.3. The van der Waals surface area contributed by atoms with Crippen molar-refractivity contribution < 1.29 is 9.52 Å². The Hall–Kier alpha value is -2.43. The lowest BCUT2D eigenvalue weighted by Crippen LogP contribution is -2.20. The fourth-order valence-corrected chi connectivity index (χ4v) is 2.72. The van der Waals surface area contributed by atoms with E-state index in [0.29, 0.717) is 34.4 Å². The molecule has 0 radical (unpaired) electrons. The minimum Gasteiger partial charge on any atom is -0.455 e. The van der Waals surface area contributed by atoms with E-state index >= 15 is 0 Å². The zero-order chi connectivity index (χ0) is 16.4. The molecule has 0 amide bonds. The summed E-state index contributed by atoms with van der Waals surface area (Å²) in [6.07, 6.45) is 0. The van der Waals surface area contributed by atoms with Gasteiger partial charge in [0.25, 0.3) is 0 Å². The molecule has 2 aromatic carbocycles. The van der Waals surface area contributed by atoms with Crippen LogP contribution in [0.15, 0.2) is 57.7 Å². The quantitative estimate of drug-likeness (QED) is 0.805. The SMILES string of the molecule is CN(C)Cc1c(-c2ccccc2)oc2c(CO)cccc2c1=O. The molecule has 118 valence electrons. The highest BCUT2D eigenvalue weighted by Crippen LogP contribution is 2.28. The van der Waals surface area contributed by atoms with Crippen molar-refractivity contribution in [1.29, 1.82) is 0 Å². The summed E-state index contributed by atoms with van der Waals surface area (Å²) in [6, 6.07) is 14.9. The fraction of sp³-hybridized carbons (Fsp3) is 0.211. The number of hydrogen-bond acceptors (Lipinski definition) is 4. The molecule has 4 heteroatoms. The zero-order valence-electron chi connectivity index (χ0n) is 13.2. The Morgan fingerprint density at radius 1 is 1.04 bits per heavy atom. The number of rotatable bonds is 4. The molecule has 3 rings (SSSR count). The maximum absolute atomic E-state index is 13.0. The van der Waals surface area contributed by atoms with Crippen molar-refractivity contribution in [3.8, 4) is 11.3 Å². The third-order valence-corrected chi connectivity index (χ3v) is 3.77. The van der Waals surface area contributed by atoms with Crippen LogP contribution in [0, 0.1) is 0 Å². The van der Waals surface area contributed by atoms with Gasteiger partial charge in [0.05, 0.1) is 17.6 Å². The molecule has 0 aliphatic heterocycles. The van der Waals surface area contributed by atoms with E-state index in [1.54, 1.807) is 18.2 Å². The summed E-state index contributed by atoms with van der Waals surface area (Å²) in [5, 5.41) is 10.0. The molecule has 3 aromatic rings. The van der Waals surface area contributed by atoms with Crippen molar-refractivity contribution in [2.45, 2.75) is 13.2 Å². The van der Waals surface area contributed by atoms with Gasteiger partial charge in [0.15, 0.2) is 5.43 Å². The van der Waals surface area contributed by atoms with Crippen LogP contribution in [0.4, 0.5) is 0 Å². The summed E-state index contributed by atoms with van der Waals surface area (Å²) < 4.78 is 6.10. The van der Waals surface area contributed by atoms with E-state index in [9.17, 15) is 9.90 Å². The van der Waals surface area contributed by atoms with Crippen molar-refractivity contribution in [3.05, 3.63) is 69.9 Å². The van der Waals surface area contributed by atoms with Crippen molar-refractivity contribution in [2.24, 2.45) is 0 Å². The summed E-state index contributed by atoms with van der Waals surface area (Å²) in [4.78, 5) is 14.9. The van der Waals surface area contributed by atoms with Gasteiger partial charge in [-0.2, -0.15) is 0 Å². The average molecular weight is 309 g/mol. The summed E-state index contributed by atoms with van der Waals surface area (Å²) in [5.41, 5.74) is 2.52. The molecule has 0 saturated heterocycles. The van der Waals surface area contributed by atoms with Crippen molar-refractivity contribution in [2.75, 3.05) is 14.1 Å². The zero-order valence-corrected chi connectivity index (χ0v) is 13.2. The van der Waals surface area contributed by atoms with Gasteiger partial charge >= 0.3 is 0 Å². The number of fused-ring (bicyclic) bond motifs is 1. The van der Waals surface area contributed by atoms with E-state index in [1.807, 2.05) is 49.3 Å². The summed E-state index contributed by atoms with van der Waals surface area (Å²) in [6.45, 7) is 0.327. The molecule has 23 heavy (non-hydrogen) atoms. The third kappa shape index (κ3) is 2.91. The maximum atomic E-state index is 13.0. The van der Waals surface area contributed by atoms with Crippen LogP contribution in [0.25, 0.3) is 22.3 Å². The lowest BCUT2D eigenvalue weighted by Gasteiger charge is -2.15. The molecule has 0 aliphatic rings. The minimum absolute atomic E-state index is 0.0471. The second-order valence-corrected chi connectivity index (χ2v) is 5.79. The second-order valence-electron chi connectivity index (χ2n) is 5.79. The van der Waals surface area contributed by atoms with Gasteiger partial charge in [-0.05, 0) is 20.2 Å². The van der Waals surface area contributed by atoms with Crippen LogP contribution >= 0.6 is 0 Å². The highest BCUT2D eigenvalue weighted by Gasteiger charge is 2.18. The average Bonchev–Trinajstić information content (AvgIpc) is 2.57. The number of nitrogens with zero attached hydrogens (tertiary/aromatic N) is 1. The third-order valence-electron chi connectivity index (χ3n) is 3.77. The lowest BCUT2D eigenvalue weighted by molar-refractivity contribution is 0.281. The van der Waals surface area contributed by atoms with Crippen LogP contribution in [0.5, 0.6) is 0 Å². The first-order valence-corrected chi connectivity index (χ1v) is 7.50. The predicted molar refractivity (Wildman–Crippen MR) is 91.2 cm³/mol. The summed E-state index contributed by atoms with van der Waals surface area (Å²) in [7, 11) is 3.84. The molecule has 1 N–H and O–H groups in total. The van der Waals surface area contributed by atoms with Gasteiger partial charge in [0.1, 0.15) is 11.3 Å². The maximum Gasteiger partial charge on any atom is 0.197 e. The first kappa shape index (κ1) is 15.5. The number of aliphatic hydroxyl groups is 1. The first-order valence-electron chi connectivity index (χ1n) is 7.50. The van der Waals surface area contributed by atoms with Crippen LogP contribution in [-0.4, -0.2) is 24.1 Å². The molecule has 0 aliphatic carbocycles. The van der Waals surface area contributed by atoms with Crippen molar-refractivity contribution in [3.63, 3.8) is 0 Å². The van der Waals surface area contributed by atoms with E-state index in [0.717, 1.165) is 5.56 Å². The van der Waals surface area contributed by atoms with Gasteiger partial charge in [-0.1, -0.05) is 42.5 Å². The van der Waals surface area contributed by atoms with Gasteiger partial charge < -0.3 is 14.4 Å². The van der Waals surface area contributed by atoms with E-state index in [4.69, 9.17) is 4.42 Å². The Morgan fingerprint density at radius 2 is 1.78 bits per heavy atom. The normalized spacial score (nSPS) is 11.3. The van der Waals surface area contributed by atoms with Gasteiger partial charge in [-0.3, -0.25) is 4.79 Å². The molecule has 4 nitrogen and oxygen atoms in total. The second kappa shape index (κ2) is 6.36. The molecule has 0 fully saturated rings. The molecular weight excluding hydrogens is 290 g/mol. The van der Waals surface area contributed by atoms with E-state index in [2.05, 4.69) is 0 Å². The lowest BCUT2D eigenvalue weighted by atomic mass is 10.0. The number of aliphatic hydroxyl groups excluding tert-OH is 1. The highest BCUT2D eigenvalue weighted by molar-refractivity contribution is 5.83. The van der Waals surface area contributed by atoms with Gasteiger partial charge in [-0.25, -0.2) is 0 Å². The Kier molecular flexibility index (Phi) is 4.28. The van der Waals surface area contributed by atoms with Crippen LogP contribution in [0.2, 0.25) is 0 Å². The molecule has 0 atom stereocenters. The molecule has 0 spiro atoms. The molecule has 1 heterocycles. The molecule has 0 saturated carbocycles. The molecular formula is C19H19NO3. The van der Waals surface area contributed by atoms with E-state index < -0.39 is 0 Å². The summed E-state index contributed by atoms with van der Waals surface area (Å²) >= 11 is 0. The number of benzene rings is 2. The fourth-order valence-electron chi connectivity index (χ4n) is 2.72. The first-order chi connectivity index (χ1) is 11.1. The monoisotopic (exact) mass is 309 g/mol. The predicted octanol–water partition coefficient (Wildman–Crippen LogP) is 3.01. The van der Waals surface area contributed by atoms with E-state index in [1.165, 1.54) is 0 Å². The number of hydrogen-bond donors (Lipinski definition) is 1. The molecule has 0 bridgehead atoms. The Bertz CT molecular complexity index is 882. The van der Waals surface area contributed by atoms with Crippen LogP contribution in [-0.2, 0) is 13.2 Å². The van der Waals surface area contributed by atoms with Gasteiger partial charge in [0, 0.05) is 17.7 Å². The number of para-hydroxylation sites is 1. The van der Waals surface area contributed by atoms with Crippen LogP contribution in [0.3, 0.4) is 0 Å². The minimum atomic E-state index is -0.165. The van der Waals surface area contributed by atoms with E-state index in [-0.39, 0.29) is 12.0 Å². The molecule has 0 unspecified atom stereocenters. The van der Waals surface area contributed by atoms with Gasteiger partial charge in [0.2, 0.25) is 0 Å². The Labute approximate surface area is 134 Å². The summed E-state index contributed by atoms with van der Waals surface area (Å²) in [5.74, 6) is 0.567. The van der Waals surface area contributed by atoms with Crippen molar-refractivity contribution >= 4 is 11.0 Å². The van der Waals surface area contributed by atoms with Gasteiger partial charge in [-0.15, -0.1) is 0 Å². The van der Waals surface area contributed by atoms with Crippen LogP contribution in [0.1, 0.15) is 11.1 Å². The van der Waals surface area contributed by atoms with Crippen molar-refractivity contribution in [1.82, 2.24) is 4.90 Å². The smallest absolute Gasteiger partial charge is 0.197 e. The largest absolute Gasteiger partial charge is 0.455 e. The van der Waals surface area contributed by atoms with Crippen LogP contribution < -0.4 is 5.43 Å². The Morgan fingerprint density at radius 3 is 2.43 bits per heavy atom. The standard InChI is InChI=1S/C19H19NO3/c1-20(2)11-16-17(22)15-10-6-9-14(12-21)19(15)23-18(16)13-7-4-3-5-8-13/h3-10,21H,11-12H2,1-2H3. The molecule has 1 aromatic heterocycles. The topological polar surface area (TPSA) is 53.7 Å². The Balaban J connectivity index is 2.38.